The summed E-state index contributed by atoms with van der Waals surface area (Å²) in [5.74, 6) is 0.431. The van der Waals surface area contributed by atoms with Gasteiger partial charge in [-0.15, -0.1) is 0 Å². The average molecular weight is 205 g/mol. The maximum Gasteiger partial charge on any atom is 0.224 e. The van der Waals surface area contributed by atoms with E-state index in [0.29, 0.717) is 18.9 Å². The van der Waals surface area contributed by atoms with Gasteiger partial charge in [-0.1, -0.05) is 30.3 Å². The van der Waals surface area contributed by atoms with Gasteiger partial charge in [0.1, 0.15) is 6.73 Å². The van der Waals surface area contributed by atoms with Gasteiger partial charge in [-0.2, -0.15) is 0 Å². The first-order valence-electron chi connectivity index (χ1n) is 5.25. The number of likely N-dealkylation sites (tertiary alicyclic amines) is 1. The molecule has 0 aliphatic carbocycles. The first-order chi connectivity index (χ1) is 7.31. The van der Waals surface area contributed by atoms with Gasteiger partial charge in [0.15, 0.2) is 0 Å². The largest absolute Gasteiger partial charge is 0.376 e. The van der Waals surface area contributed by atoms with E-state index < -0.39 is 0 Å². The number of nitrogens with zero attached hydrogens (tertiary/aromatic N) is 1. The number of hydrogen-bond donors (Lipinski definition) is 1. The molecule has 1 saturated heterocycles. The van der Waals surface area contributed by atoms with Gasteiger partial charge < -0.3 is 10.0 Å². The number of aliphatic hydroxyl groups excluding tert-OH is 1. The minimum atomic E-state index is -0.165. The van der Waals surface area contributed by atoms with Gasteiger partial charge >= 0.3 is 0 Å². The number of carbonyl (C=O) groups excluding carboxylic acids is 1. The molecule has 3 heteroatoms. The van der Waals surface area contributed by atoms with Crippen molar-refractivity contribution in [3.05, 3.63) is 35.9 Å². The molecule has 0 bridgehead atoms. The third-order valence-corrected chi connectivity index (χ3v) is 2.94. The van der Waals surface area contributed by atoms with Crippen LogP contribution in [0, 0.1) is 0 Å². The van der Waals surface area contributed by atoms with Crippen molar-refractivity contribution in [2.45, 2.75) is 18.8 Å². The molecule has 3 nitrogen and oxygen atoms in total. The first kappa shape index (κ1) is 10.2. The van der Waals surface area contributed by atoms with E-state index in [2.05, 4.69) is 12.1 Å². The number of aliphatic hydroxyl groups is 1. The molecule has 1 aromatic rings. The predicted octanol–water partition coefficient (Wildman–Crippen LogP) is 1.34. The minimum absolute atomic E-state index is 0.0599. The van der Waals surface area contributed by atoms with Gasteiger partial charge in [-0.3, -0.25) is 4.79 Å². The lowest BCUT2D eigenvalue weighted by molar-refractivity contribution is -0.137. The summed E-state index contributed by atoms with van der Waals surface area (Å²) >= 11 is 0. The van der Waals surface area contributed by atoms with E-state index in [1.54, 1.807) is 0 Å². The summed E-state index contributed by atoms with van der Waals surface area (Å²) in [6.07, 6.45) is 1.43. The van der Waals surface area contributed by atoms with Gasteiger partial charge in [0, 0.05) is 18.9 Å². The Morgan fingerprint density at radius 2 is 2.07 bits per heavy atom. The Bertz CT molecular complexity index is 337. The van der Waals surface area contributed by atoms with E-state index in [9.17, 15) is 4.79 Å². The molecule has 80 valence electrons. The second-order valence-corrected chi connectivity index (χ2v) is 3.90. The van der Waals surface area contributed by atoms with Crippen molar-refractivity contribution in [3.63, 3.8) is 0 Å². The van der Waals surface area contributed by atoms with Gasteiger partial charge in [-0.05, 0) is 12.0 Å². The van der Waals surface area contributed by atoms with E-state index in [1.807, 2.05) is 18.2 Å². The summed E-state index contributed by atoms with van der Waals surface area (Å²) in [5.41, 5.74) is 1.25. The van der Waals surface area contributed by atoms with E-state index in [4.69, 9.17) is 5.11 Å². The second-order valence-electron chi connectivity index (χ2n) is 3.90. The van der Waals surface area contributed by atoms with Gasteiger partial charge in [0.05, 0.1) is 0 Å². The SMILES string of the molecule is O=C1CCC(c2ccccc2)CN1CO. The lowest BCUT2D eigenvalue weighted by atomic mass is 9.90. The molecule has 1 N–H and O–H groups in total. The van der Waals surface area contributed by atoms with E-state index in [0.717, 1.165) is 6.42 Å². The standard InChI is InChI=1S/C12H15NO2/c14-9-13-8-11(6-7-12(13)15)10-4-2-1-3-5-10/h1-5,11,14H,6-9H2. The van der Waals surface area contributed by atoms with Crippen LogP contribution in [0.3, 0.4) is 0 Å². The van der Waals surface area contributed by atoms with Crippen LogP contribution in [0.1, 0.15) is 24.3 Å². The Kier molecular flexibility index (Phi) is 3.02. The molecule has 1 aliphatic heterocycles. The summed E-state index contributed by atoms with van der Waals surface area (Å²) in [6.45, 7) is 0.474. The van der Waals surface area contributed by atoms with E-state index >= 15 is 0 Å². The van der Waals surface area contributed by atoms with E-state index in [-0.39, 0.29) is 12.6 Å². The fourth-order valence-corrected chi connectivity index (χ4v) is 2.05. The zero-order valence-electron chi connectivity index (χ0n) is 8.60. The van der Waals surface area contributed by atoms with Crippen LogP contribution in [0.15, 0.2) is 30.3 Å². The summed E-state index contributed by atoms with van der Waals surface area (Å²) < 4.78 is 0. The maximum atomic E-state index is 11.4. The van der Waals surface area contributed by atoms with Crippen LogP contribution < -0.4 is 0 Å². The summed E-state index contributed by atoms with van der Waals surface area (Å²) in [5, 5.41) is 9.03. The molecule has 2 rings (SSSR count). The fourth-order valence-electron chi connectivity index (χ4n) is 2.05. The van der Waals surface area contributed by atoms with Crippen molar-refractivity contribution in [1.29, 1.82) is 0 Å². The van der Waals surface area contributed by atoms with Crippen LogP contribution in [0.25, 0.3) is 0 Å². The van der Waals surface area contributed by atoms with Crippen LogP contribution in [0.5, 0.6) is 0 Å². The number of rotatable bonds is 2. The predicted molar refractivity (Wildman–Crippen MR) is 57.2 cm³/mol. The van der Waals surface area contributed by atoms with Crippen LogP contribution >= 0.6 is 0 Å². The Hall–Kier alpha value is -1.35. The van der Waals surface area contributed by atoms with Crippen LogP contribution in [-0.2, 0) is 4.79 Å². The zero-order chi connectivity index (χ0) is 10.7. The lowest BCUT2D eigenvalue weighted by Gasteiger charge is -2.31. The second kappa shape index (κ2) is 4.45. The number of amides is 1. The number of piperidine rings is 1. The van der Waals surface area contributed by atoms with Crippen molar-refractivity contribution in [2.75, 3.05) is 13.3 Å². The van der Waals surface area contributed by atoms with Crippen LogP contribution in [0.4, 0.5) is 0 Å². The Balaban J connectivity index is 2.09. The third-order valence-electron chi connectivity index (χ3n) is 2.94. The molecule has 1 heterocycles. The lowest BCUT2D eigenvalue weighted by Crippen LogP contribution is -2.39. The highest BCUT2D eigenvalue weighted by Gasteiger charge is 2.25. The molecule has 1 aliphatic rings. The number of carbonyl (C=O) groups is 1. The number of benzene rings is 1. The van der Waals surface area contributed by atoms with Gasteiger partial charge in [0.2, 0.25) is 5.91 Å². The molecular formula is C12H15NO2. The van der Waals surface area contributed by atoms with Gasteiger partial charge in [-0.25, -0.2) is 0 Å². The molecule has 1 aromatic carbocycles. The Morgan fingerprint density at radius 1 is 1.33 bits per heavy atom. The molecular weight excluding hydrogens is 190 g/mol. The molecule has 0 aromatic heterocycles. The molecule has 1 fully saturated rings. The smallest absolute Gasteiger partial charge is 0.224 e. The highest BCUT2D eigenvalue weighted by molar-refractivity contribution is 5.77. The summed E-state index contributed by atoms with van der Waals surface area (Å²) in [6, 6.07) is 10.2. The van der Waals surface area contributed by atoms with E-state index in [1.165, 1.54) is 10.5 Å². The minimum Gasteiger partial charge on any atom is -0.376 e. The third kappa shape index (κ3) is 2.18. The number of hydrogen-bond acceptors (Lipinski definition) is 2. The quantitative estimate of drug-likeness (QED) is 0.791. The first-order valence-corrected chi connectivity index (χ1v) is 5.25. The van der Waals surface area contributed by atoms with Crippen molar-refractivity contribution >= 4 is 5.91 Å². The highest BCUT2D eigenvalue weighted by Crippen LogP contribution is 2.26. The van der Waals surface area contributed by atoms with Crippen molar-refractivity contribution in [2.24, 2.45) is 0 Å². The molecule has 0 radical (unpaired) electrons. The van der Waals surface area contributed by atoms with Crippen LogP contribution in [0.2, 0.25) is 0 Å². The maximum absolute atomic E-state index is 11.4. The molecule has 1 atom stereocenters. The Labute approximate surface area is 89.3 Å². The zero-order valence-corrected chi connectivity index (χ0v) is 8.60. The van der Waals surface area contributed by atoms with Gasteiger partial charge in [0.25, 0.3) is 0 Å². The topological polar surface area (TPSA) is 40.5 Å². The van der Waals surface area contributed by atoms with Crippen LogP contribution in [-0.4, -0.2) is 29.2 Å². The molecule has 1 unspecified atom stereocenters. The molecule has 0 saturated carbocycles. The molecule has 15 heavy (non-hydrogen) atoms. The average Bonchev–Trinajstić information content (AvgIpc) is 2.31. The van der Waals surface area contributed by atoms with Crippen molar-refractivity contribution in [1.82, 2.24) is 4.90 Å². The molecule has 0 spiro atoms. The summed E-state index contributed by atoms with van der Waals surface area (Å²) in [4.78, 5) is 12.9. The monoisotopic (exact) mass is 205 g/mol. The highest BCUT2D eigenvalue weighted by atomic mass is 16.3. The molecule has 1 amide bonds. The van der Waals surface area contributed by atoms with Crippen molar-refractivity contribution in [3.8, 4) is 0 Å². The Morgan fingerprint density at radius 3 is 2.73 bits per heavy atom. The normalized spacial score (nSPS) is 21.8. The summed E-state index contributed by atoms with van der Waals surface area (Å²) in [7, 11) is 0. The fraction of sp³-hybridized carbons (Fsp3) is 0.417. The van der Waals surface area contributed by atoms with Crippen molar-refractivity contribution < 1.29 is 9.90 Å².